The van der Waals surface area contributed by atoms with Crippen LogP contribution >= 0.6 is 0 Å². The summed E-state index contributed by atoms with van der Waals surface area (Å²) >= 11 is 0. The van der Waals surface area contributed by atoms with Crippen molar-refractivity contribution in [2.45, 2.75) is 19.4 Å². The van der Waals surface area contributed by atoms with Gasteiger partial charge in [-0.3, -0.25) is 4.79 Å². The average molecular weight is 250 g/mol. The largest absolute Gasteiger partial charge is 0.493 e. The van der Waals surface area contributed by atoms with E-state index < -0.39 is 6.10 Å². The Hall–Kier alpha value is -1.97. The maximum absolute atomic E-state index is 11.1. The normalized spacial score (nSPS) is 11.5. The summed E-state index contributed by atoms with van der Waals surface area (Å²) in [6.07, 6.45) is 1.81. The fourth-order valence-corrected chi connectivity index (χ4v) is 1.76. The number of hydrogen-bond acceptors (Lipinski definition) is 4. The topological polar surface area (TPSA) is 44.8 Å². The van der Waals surface area contributed by atoms with Crippen LogP contribution in [0.1, 0.15) is 25.0 Å². The number of esters is 1. The second-order valence-corrected chi connectivity index (χ2v) is 3.71. The van der Waals surface area contributed by atoms with Crippen LogP contribution in [-0.2, 0) is 9.53 Å². The highest BCUT2D eigenvalue weighted by atomic mass is 16.5. The first-order valence-corrected chi connectivity index (χ1v) is 5.63. The molecule has 0 radical (unpaired) electrons. The summed E-state index contributed by atoms with van der Waals surface area (Å²) in [5, 5.41) is 0. The third kappa shape index (κ3) is 3.26. The van der Waals surface area contributed by atoms with Gasteiger partial charge in [-0.05, 0) is 6.07 Å². The van der Waals surface area contributed by atoms with Gasteiger partial charge < -0.3 is 14.2 Å². The molecule has 4 nitrogen and oxygen atoms in total. The van der Waals surface area contributed by atoms with Crippen LogP contribution in [-0.4, -0.2) is 20.2 Å². The monoisotopic (exact) mass is 250 g/mol. The van der Waals surface area contributed by atoms with Gasteiger partial charge in [0, 0.05) is 18.9 Å². The van der Waals surface area contributed by atoms with Crippen molar-refractivity contribution in [1.29, 1.82) is 0 Å². The molecule has 0 bridgehead atoms. The minimum atomic E-state index is -0.412. The number of carbonyl (C=O) groups is 1. The summed E-state index contributed by atoms with van der Waals surface area (Å²) in [6.45, 7) is 5.05. The van der Waals surface area contributed by atoms with E-state index in [9.17, 15) is 4.79 Å². The van der Waals surface area contributed by atoms with Crippen LogP contribution in [0.3, 0.4) is 0 Å². The van der Waals surface area contributed by atoms with Crippen LogP contribution in [0.2, 0.25) is 0 Å². The zero-order chi connectivity index (χ0) is 13.5. The fraction of sp³-hybridized carbons (Fsp3) is 0.357. The summed E-state index contributed by atoms with van der Waals surface area (Å²) in [6, 6.07) is 5.47. The van der Waals surface area contributed by atoms with Gasteiger partial charge in [0.05, 0.1) is 14.2 Å². The maximum atomic E-state index is 11.1. The van der Waals surface area contributed by atoms with Crippen molar-refractivity contribution in [3.05, 3.63) is 36.4 Å². The number of para-hydroxylation sites is 1. The molecule has 0 spiro atoms. The van der Waals surface area contributed by atoms with Crippen LogP contribution < -0.4 is 9.47 Å². The van der Waals surface area contributed by atoms with Gasteiger partial charge in [-0.2, -0.15) is 0 Å². The summed E-state index contributed by atoms with van der Waals surface area (Å²) in [5.41, 5.74) is 0.770. The smallest absolute Gasteiger partial charge is 0.303 e. The van der Waals surface area contributed by atoms with E-state index in [-0.39, 0.29) is 5.97 Å². The second kappa shape index (κ2) is 6.69. The molecule has 0 fully saturated rings. The Morgan fingerprint density at radius 2 is 2.11 bits per heavy atom. The summed E-state index contributed by atoms with van der Waals surface area (Å²) in [5.74, 6) is 0.844. The number of benzene rings is 1. The lowest BCUT2D eigenvalue weighted by molar-refractivity contribution is -0.146. The first-order valence-electron chi connectivity index (χ1n) is 5.63. The molecule has 0 saturated heterocycles. The molecule has 1 rings (SSSR count). The molecule has 1 aromatic carbocycles. The number of methoxy groups -OCH3 is 2. The van der Waals surface area contributed by atoms with Gasteiger partial charge in [0.2, 0.25) is 0 Å². The van der Waals surface area contributed by atoms with E-state index in [2.05, 4.69) is 6.58 Å². The first-order chi connectivity index (χ1) is 8.63. The van der Waals surface area contributed by atoms with Gasteiger partial charge in [-0.15, -0.1) is 6.58 Å². The van der Waals surface area contributed by atoms with Crippen LogP contribution in [0.25, 0.3) is 0 Å². The minimum Gasteiger partial charge on any atom is -0.493 e. The molecular formula is C14H18O4. The van der Waals surface area contributed by atoms with Gasteiger partial charge in [-0.1, -0.05) is 18.2 Å². The van der Waals surface area contributed by atoms with Crippen LogP contribution in [0, 0.1) is 0 Å². The molecule has 0 unspecified atom stereocenters. The van der Waals surface area contributed by atoms with E-state index in [1.54, 1.807) is 26.4 Å². The highest BCUT2D eigenvalue weighted by molar-refractivity contribution is 5.66. The quantitative estimate of drug-likeness (QED) is 0.575. The van der Waals surface area contributed by atoms with Crippen LogP contribution in [0.15, 0.2) is 30.9 Å². The molecule has 98 valence electrons. The Balaban J connectivity index is 3.17. The molecule has 18 heavy (non-hydrogen) atoms. The van der Waals surface area contributed by atoms with E-state index in [0.29, 0.717) is 17.9 Å². The average Bonchev–Trinajstić information content (AvgIpc) is 2.36. The van der Waals surface area contributed by atoms with Gasteiger partial charge in [0.25, 0.3) is 0 Å². The predicted octanol–water partition coefficient (Wildman–Crippen LogP) is 2.88. The van der Waals surface area contributed by atoms with Crippen molar-refractivity contribution in [2.75, 3.05) is 14.2 Å². The van der Waals surface area contributed by atoms with E-state index in [1.165, 1.54) is 6.92 Å². The van der Waals surface area contributed by atoms with Crippen molar-refractivity contribution in [3.63, 3.8) is 0 Å². The number of hydrogen-bond donors (Lipinski definition) is 0. The van der Waals surface area contributed by atoms with E-state index >= 15 is 0 Å². The fourth-order valence-electron chi connectivity index (χ4n) is 1.76. The van der Waals surface area contributed by atoms with Crippen molar-refractivity contribution in [2.24, 2.45) is 0 Å². The molecule has 1 atom stereocenters. The number of ether oxygens (including phenoxy) is 3. The van der Waals surface area contributed by atoms with Gasteiger partial charge >= 0.3 is 5.97 Å². The highest BCUT2D eigenvalue weighted by Gasteiger charge is 2.20. The van der Waals surface area contributed by atoms with E-state index in [1.807, 2.05) is 12.1 Å². The second-order valence-electron chi connectivity index (χ2n) is 3.71. The maximum Gasteiger partial charge on any atom is 0.303 e. The zero-order valence-electron chi connectivity index (χ0n) is 10.9. The Labute approximate surface area is 107 Å². The van der Waals surface area contributed by atoms with Gasteiger partial charge in [0.15, 0.2) is 11.5 Å². The summed E-state index contributed by atoms with van der Waals surface area (Å²) in [7, 11) is 3.12. The molecule has 0 aliphatic heterocycles. The number of rotatable bonds is 6. The third-order valence-corrected chi connectivity index (χ3v) is 2.47. The molecular weight excluding hydrogens is 232 g/mol. The van der Waals surface area contributed by atoms with Gasteiger partial charge in [0.1, 0.15) is 6.10 Å². The van der Waals surface area contributed by atoms with Crippen LogP contribution in [0.5, 0.6) is 11.5 Å². The molecule has 0 N–H and O–H groups in total. The Morgan fingerprint density at radius 1 is 1.39 bits per heavy atom. The lowest BCUT2D eigenvalue weighted by Crippen LogP contribution is -2.09. The first kappa shape index (κ1) is 14.1. The molecule has 0 heterocycles. The Kier molecular flexibility index (Phi) is 5.24. The number of carbonyl (C=O) groups excluding carboxylic acids is 1. The Bertz CT molecular complexity index is 426. The summed E-state index contributed by atoms with van der Waals surface area (Å²) < 4.78 is 15.8. The van der Waals surface area contributed by atoms with Crippen molar-refractivity contribution in [1.82, 2.24) is 0 Å². The molecule has 0 saturated carbocycles. The van der Waals surface area contributed by atoms with E-state index in [0.717, 1.165) is 5.56 Å². The minimum absolute atomic E-state index is 0.341. The summed E-state index contributed by atoms with van der Waals surface area (Å²) in [4.78, 5) is 11.1. The molecule has 0 amide bonds. The van der Waals surface area contributed by atoms with Crippen molar-refractivity contribution >= 4 is 5.97 Å². The standard InChI is InChI=1S/C14H18O4/c1-5-7-12(18-10(2)15)11-8-6-9-13(16-3)14(11)17-4/h5-6,8-9,12H,1,7H2,2-4H3/t12-/m0/s1. The lowest BCUT2D eigenvalue weighted by Gasteiger charge is -2.19. The van der Waals surface area contributed by atoms with Crippen LogP contribution in [0.4, 0.5) is 0 Å². The molecule has 4 heteroatoms. The Morgan fingerprint density at radius 3 is 2.61 bits per heavy atom. The SMILES string of the molecule is C=CC[C@H](OC(C)=O)c1cccc(OC)c1OC. The van der Waals surface area contributed by atoms with Gasteiger partial charge in [-0.25, -0.2) is 0 Å². The highest BCUT2D eigenvalue weighted by Crippen LogP contribution is 2.37. The van der Waals surface area contributed by atoms with Crippen molar-refractivity contribution < 1.29 is 19.0 Å². The molecule has 1 aromatic rings. The third-order valence-electron chi connectivity index (χ3n) is 2.47. The zero-order valence-corrected chi connectivity index (χ0v) is 10.9. The molecule has 0 aliphatic carbocycles. The van der Waals surface area contributed by atoms with E-state index in [4.69, 9.17) is 14.2 Å². The predicted molar refractivity (Wildman–Crippen MR) is 68.9 cm³/mol. The van der Waals surface area contributed by atoms with Crippen molar-refractivity contribution in [3.8, 4) is 11.5 Å². The lowest BCUT2D eigenvalue weighted by atomic mass is 10.0. The molecule has 0 aliphatic rings. The molecule has 0 aromatic heterocycles.